The summed E-state index contributed by atoms with van der Waals surface area (Å²) in [7, 11) is 1.95. The van der Waals surface area contributed by atoms with E-state index in [1.165, 1.54) is 24.3 Å². The topological polar surface area (TPSA) is 72.3 Å². The van der Waals surface area contributed by atoms with Crippen molar-refractivity contribution < 1.29 is 22.7 Å². The van der Waals surface area contributed by atoms with Gasteiger partial charge < -0.3 is 19.5 Å². The number of imidazole rings is 1. The van der Waals surface area contributed by atoms with Gasteiger partial charge in [-0.25, -0.2) is 9.78 Å². The predicted molar refractivity (Wildman–Crippen MR) is 103 cm³/mol. The normalized spacial score (nSPS) is 16.8. The molecule has 1 atom stereocenters. The van der Waals surface area contributed by atoms with Gasteiger partial charge >= 0.3 is 12.4 Å². The fraction of sp³-hybridized carbons (Fsp3) is 0.350. The number of aryl methyl sites for hydroxylation is 1. The van der Waals surface area contributed by atoms with Crippen LogP contribution in [0.15, 0.2) is 42.7 Å². The molecule has 2 aromatic heterocycles. The molecule has 1 aliphatic rings. The summed E-state index contributed by atoms with van der Waals surface area (Å²) in [4.78, 5) is 23.1. The number of likely N-dealkylation sites (tertiary alicyclic amines) is 1. The molecule has 0 aliphatic carbocycles. The number of benzene rings is 1. The van der Waals surface area contributed by atoms with Gasteiger partial charge in [-0.05, 0) is 30.2 Å². The van der Waals surface area contributed by atoms with Gasteiger partial charge in [-0.15, -0.1) is 13.2 Å². The third-order valence-corrected chi connectivity index (χ3v) is 5.16. The molecule has 0 bridgehead atoms. The third kappa shape index (κ3) is 4.32. The number of fused-ring (bicyclic) bond motifs is 1. The monoisotopic (exact) mass is 419 g/mol. The molecular formula is C20H20F3N5O2. The number of urea groups is 1. The van der Waals surface area contributed by atoms with Crippen molar-refractivity contribution in [2.75, 3.05) is 13.1 Å². The summed E-state index contributed by atoms with van der Waals surface area (Å²) < 4.78 is 42.5. The molecule has 1 aliphatic heterocycles. The third-order valence-electron chi connectivity index (χ3n) is 5.16. The molecule has 30 heavy (non-hydrogen) atoms. The molecule has 7 nitrogen and oxygen atoms in total. The van der Waals surface area contributed by atoms with Crippen LogP contribution in [0.5, 0.6) is 5.75 Å². The van der Waals surface area contributed by atoms with Crippen molar-refractivity contribution in [2.45, 2.75) is 25.2 Å². The highest BCUT2D eigenvalue weighted by atomic mass is 19.4. The Hall–Kier alpha value is -3.30. The van der Waals surface area contributed by atoms with Crippen LogP contribution in [0.25, 0.3) is 11.0 Å². The highest BCUT2D eigenvalue weighted by Crippen LogP contribution is 2.28. The van der Waals surface area contributed by atoms with Gasteiger partial charge in [0.05, 0.1) is 17.2 Å². The minimum absolute atomic E-state index is 0.131. The number of hydrogen-bond donors (Lipinski definition) is 1. The highest BCUT2D eigenvalue weighted by Gasteiger charge is 2.31. The Morgan fingerprint density at radius 3 is 2.73 bits per heavy atom. The van der Waals surface area contributed by atoms with E-state index in [0.29, 0.717) is 18.7 Å². The van der Waals surface area contributed by atoms with Crippen LogP contribution in [0.2, 0.25) is 0 Å². The Balaban J connectivity index is 1.33. The molecule has 1 unspecified atom stereocenters. The first-order chi connectivity index (χ1) is 14.3. The van der Waals surface area contributed by atoms with Gasteiger partial charge in [0.15, 0.2) is 0 Å². The average Bonchev–Trinajstić information content (AvgIpc) is 3.31. The molecule has 0 radical (unpaired) electrons. The molecule has 3 aromatic rings. The number of nitrogens with one attached hydrogen (secondary N) is 1. The lowest BCUT2D eigenvalue weighted by molar-refractivity contribution is -0.274. The van der Waals surface area contributed by atoms with Gasteiger partial charge in [-0.1, -0.05) is 12.1 Å². The lowest BCUT2D eigenvalue weighted by atomic mass is 10.1. The number of alkyl halides is 3. The first-order valence-corrected chi connectivity index (χ1v) is 9.44. The summed E-state index contributed by atoms with van der Waals surface area (Å²) in [5, 5.41) is 2.81. The number of amides is 2. The summed E-state index contributed by atoms with van der Waals surface area (Å²) in [5.41, 5.74) is 2.51. The average molecular weight is 419 g/mol. The van der Waals surface area contributed by atoms with Gasteiger partial charge in [-0.3, -0.25) is 4.98 Å². The number of aromatic nitrogens is 3. The predicted octanol–water partition coefficient (Wildman–Crippen LogP) is 3.57. The zero-order chi connectivity index (χ0) is 21.3. The maximum absolute atomic E-state index is 12.5. The van der Waals surface area contributed by atoms with Crippen molar-refractivity contribution in [3.05, 3.63) is 54.1 Å². The number of carbonyl (C=O) groups excluding carboxylic acids is 1. The van der Waals surface area contributed by atoms with Crippen LogP contribution >= 0.6 is 0 Å². The van der Waals surface area contributed by atoms with Crippen LogP contribution in [0, 0.1) is 0 Å². The second kappa shape index (κ2) is 7.85. The van der Waals surface area contributed by atoms with Gasteiger partial charge in [0.25, 0.3) is 0 Å². The van der Waals surface area contributed by atoms with E-state index in [9.17, 15) is 18.0 Å². The van der Waals surface area contributed by atoms with Gasteiger partial charge in [0, 0.05) is 38.8 Å². The highest BCUT2D eigenvalue weighted by molar-refractivity contribution is 5.76. The number of nitrogens with zero attached hydrogens (tertiary/aromatic N) is 4. The lowest BCUT2D eigenvalue weighted by Crippen LogP contribution is -2.38. The van der Waals surface area contributed by atoms with E-state index in [0.717, 1.165) is 23.3 Å². The van der Waals surface area contributed by atoms with Crippen molar-refractivity contribution in [3.8, 4) is 5.75 Å². The minimum Gasteiger partial charge on any atom is -0.406 e. The molecule has 2 amide bonds. The van der Waals surface area contributed by atoms with Crippen LogP contribution in [-0.4, -0.2) is 44.9 Å². The second-order valence-corrected chi connectivity index (χ2v) is 7.18. The van der Waals surface area contributed by atoms with Gasteiger partial charge in [0.2, 0.25) is 0 Å². The number of pyridine rings is 1. The van der Waals surface area contributed by atoms with E-state index in [2.05, 4.69) is 20.0 Å². The van der Waals surface area contributed by atoms with Crippen molar-refractivity contribution >= 4 is 17.1 Å². The molecule has 0 saturated carbocycles. The molecule has 3 heterocycles. The summed E-state index contributed by atoms with van der Waals surface area (Å²) in [6.45, 7) is 1.37. The Labute approximate surface area is 170 Å². The molecule has 1 fully saturated rings. The van der Waals surface area contributed by atoms with E-state index >= 15 is 0 Å². The van der Waals surface area contributed by atoms with Crippen LogP contribution in [0.4, 0.5) is 18.0 Å². The number of ether oxygens (including phenoxy) is 1. The van der Waals surface area contributed by atoms with Crippen molar-refractivity contribution in [1.29, 1.82) is 0 Å². The fourth-order valence-corrected chi connectivity index (χ4v) is 3.67. The largest absolute Gasteiger partial charge is 0.573 e. The fourth-order valence-electron chi connectivity index (χ4n) is 3.67. The van der Waals surface area contributed by atoms with E-state index in [-0.39, 0.29) is 24.2 Å². The Kier molecular flexibility index (Phi) is 5.23. The zero-order valence-corrected chi connectivity index (χ0v) is 16.2. The number of rotatable bonds is 4. The number of halogens is 3. The zero-order valence-electron chi connectivity index (χ0n) is 16.2. The molecule has 10 heteroatoms. The van der Waals surface area contributed by atoms with E-state index in [1.54, 1.807) is 17.3 Å². The van der Waals surface area contributed by atoms with E-state index in [1.807, 2.05) is 17.7 Å². The van der Waals surface area contributed by atoms with Crippen LogP contribution in [0.1, 0.15) is 23.7 Å². The molecule has 1 N–H and O–H groups in total. The van der Waals surface area contributed by atoms with Crippen molar-refractivity contribution in [1.82, 2.24) is 24.8 Å². The smallest absolute Gasteiger partial charge is 0.406 e. The maximum atomic E-state index is 12.5. The molecule has 158 valence electrons. The van der Waals surface area contributed by atoms with Crippen LogP contribution in [0.3, 0.4) is 0 Å². The van der Waals surface area contributed by atoms with Gasteiger partial charge in [0.1, 0.15) is 11.6 Å². The summed E-state index contributed by atoms with van der Waals surface area (Å²) >= 11 is 0. The Morgan fingerprint density at radius 1 is 1.27 bits per heavy atom. The molecular weight excluding hydrogens is 399 g/mol. The number of hydrogen-bond acceptors (Lipinski definition) is 4. The molecule has 1 aromatic carbocycles. The Morgan fingerprint density at radius 2 is 2.03 bits per heavy atom. The standard InChI is InChI=1S/C20H20F3N5O2/c1-27-17-11-24-8-6-16(17)26-18(27)14-7-9-28(12-14)19(29)25-10-13-2-4-15(5-3-13)30-20(21,22)23/h2-6,8,11,14H,7,9-10,12H2,1H3,(H,25,29). The molecule has 4 rings (SSSR count). The molecule has 0 spiro atoms. The molecule has 1 saturated heterocycles. The van der Waals surface area contributed by atoms with Crippen molar-refractivity contribution in [3.63, 3.8) is 0 Å². The second-order valence-electron chi connectivity index (χ2n) is 7.18. The van der Waals surface area contributed by atoms with E-state index < -0.39 is 6.36 Å². The Bertz CT molecular complexity index is 1050. The SMILES string of the molecule is Cn1c(C2CCN(C(=O)NCc3ccc(OC(F)(F)F)cc3)C2)nc2ccncc21. The number of carbonyl (C=O) groups is 1. The van der Waals surface area contributed by atoms with Crippen molar-refractivity contribution in [2.24, 2.45) is 7.05 Å². The first-order valence-electron chi connectivity index (χ1n) is 9.44. The minimum atomic E-state index is -4.72. The first kappa shape index (κ1) is 20.0. The summed E-state index contributed by atoms with van der Waals surface area (Å²) in [6, 6.07) is 7.07. The van der Waals surface area contributed by atoms with E-state index in [4.69, 9.17) is 0 Å². The maximum Gasteiger partial charge on any atom is 0.573 e. The summed E-state index contributed by atoms with van der Waals surface area (Å²) in [6.07, 6.45) is -0.440. The van der Waals surface area contributed by atoms with Crippen LogP contribution < -0.4 is 10.1 Å². The lowest BCUT2D eigenvalue weighted by Gasteiger charge is -2.17. The summed E-state index contributed by atoms with van der Waals surface area (Å²) in [5.74, 6) is 0.762. The van der Waals surface area contributed by atoms with Gasteiger partial charge in [-0.2, -0.15) is 0 Å². The quantitative estimate of drug-likeness (QED) is 0.702. The van der Waals surface area contributed by atoms with Crippen LogP contribution in [-0.2, 0) is 13.6 Å².